The molecule has 0 bridgehead atoms. The molecule has 1 aromatic carbocycles. The first-order chi connectivity index (χ1) is 9.87. The fourth-order valence-electron chi connectivity index (χ4n) is 2.44. The third kappa shape index (κ3) is 3.14. The lowest BCUT2D eigenvalue weighted by molar-refractivity contribution is 0.0632. The van der Waals surface area contributed by atoms with Gasteiger partial charge in [0.2, 0.25) is 10.0 Å². The smallest absolute Gasteiger partial charge is 0.246 e. The minimum absolute atomic E-state index is 0.0593. The minimum atomic E-state index is -3.65. The summed E-state index contributed by atoms with van der Waals surface area (Å²) in [5.74, 6) is 0.320. The monoisotopic (exact) mass is 314 g/mol. The topological polar surface area (TPSA) is 81.9 Å². The molecule has 1 heterocycles. The largest absolute Gasteiger partial charge is 0.495 e. The van der Waals surface area contributed by atoms with Crippen molar-refractivity contribution in [2.24, 2.45) is 0 Å². The van der Waals surface area contributed by atoms with Gasteiger partial charge in [-0.25, -0.2) is 8.42 Å². The lowest BCUT2D eigenvalue weighted by atomic mass is 10.1. The van der Waals surface area contributed by atoms with Gasteiger partial charge >= 0.3 is 0 Å². The van der Waals surface area contributed by atoms with Gasteiger partial charge in [-0.3, -0.25) is 0 Å². The van der Waals surface area contributed by atoms with Crippen LogP contribution >= 0.6 is 0 Å². The summed E-state index contributed by atoms with van der Waals surface area (Å²) in [6.07, 6.45) is 1.39. The number of rotatable bonds is 4. The van der Waals surface area contributed by atoms with Gasteiger partial charge in [0.15, 0.2) is 0 Å². The minimum Gasteiger partial charge on any atom is -0.495 e. The van der Waals surface area contributed by atoms with E-state index < -0.39 is 10.0 Å². The normalized spacial score (nSPS) is 17.1. The van der Waals surface area contributed by atoms with E-state index in [4.69, 9.17) is 15.2 Å². The predicted octanol–water partition coefficient (Wildman–Crippen LogP) is 1.39. The zero-order valence-corrected chi connectivity index (χ0v) is 13.4. The second-order valence-corrected chi connectivity index (χ2v) is 7.19. The summed E-state index contributed by atoms with van der Waals surface area (Å²) in [7, 11) is -0.593. The summed E-state index contributed by atoms with van der Waals surface area (Å²) in [5.41, 5.74) is 7.09. The van der Waals surface area contributed by atoms with Gasteiger partial charge < -0.3 is 15.2 Å². The zero-order valence-electron chi connectivity index (χ0n) is 12.6. The summed E-state index contributed by atoms with van der Waals surface area (Å²) in [4.78, 5) is 0.113. The van der Waals surface area contributed by atoms with E-state index in [0.717, 1.165) is 5.56 Å². The fourth-order valence-corrected chi connectivity index (χ4v) is 4.02. The highest BCUT2D eigenvalue weighted by atomic mass is 32.2. The first-order valence-electron chi connectivity index (χ1n) is 6.88. The molecule has 1 fully saturated rings. The van der Waals surface area contributed by atoms with E-state index >= 15 is 0 Å². The Hall–Kier alpha value is -1.31. The number of aryl methyl sites for hydroxylation is 1. The Morgan fingerprint density at radius 2 is 1.95 bits per heavy atom. The molecule has 118 valence electrons. The number of nitrogens with two attached hydrogens (primary N) is 1. The number of sulfonamides is 1. The fraction of sp³-hybridized carbons (Fsp3) is 0.571. The van der Waals surface area contributed by atoms with Crippen LogP contribution in [0.3, 0.4) is 0 Å². The second kappa shape index (κ2) is 6.21. The molecule has 2 rings (SSSR count). The molecule has 0 atom stereocenters. The van der Waals surface area contributed by atoms with E-state index in [0.29, 0.717) is 37.5 Å². The Morgan fingerprint density at radius 3 is 2.52 bits per heavy atom. The summed E-state index contributed by atoms with van der Waals surface area (Å²) >= 11 is 0. The lowest BCUT2D eigenvalue weighted by Crippen LogP contribution is -2.40. The van der Waals surface area contributed by atoms with Gasteiger partial charge in [0, 0.05) is 32.0 Å². The number of hydrogen-bond acceptors (Lipinski definition) is 5. The number of benzene rings is 1. The van der Waals surface area contributed by atoms with Crippen molar-refractivity contribution in [2.75, 3.05) is 33.1 Å². The molecular formula is C14H22N2O4S. The van der Waals surface area contributed by atoms with Crippen molar-refractivity contribution in [3.63, 3.8) is 0 Å². The highest BCUT2D eigenvalue weighted by molar-refractivity contribution is 7.89. The molecule has 1 aromatic rings. The number of hydrogen-bond donors (Lipinski definition) is 1. The van der Waals surface area contributed by atoms with Crippen LogP contribution < -0.4 is 10.5 Å². The molecule has 0 aliphatic carbocycles. The van der Waals surface area contributed by atoms with Crippen molar-refractivity contribution in [1.82, 2.24) is 4.31 Å². The van der Waals surface area contributed by atoms with Crippen molar-refractivity contribution in [3.05, 3.63) is 17.7 Å². The third-order valence-electron chi connectivity index (χ3n) is 3.91. The molecule has 1 aliphatic rings. The van der Waals surface area contributed by atoms with Crippen LogP contribution in [-0.2, 0) is 14.8 Å². The second-order valence-electron chi connectivity index (χ2n) is 5.22. The highest BCUT2D eigenvalue weighted by Gasteiger charge is 2.31. The van der Waals surface area contributed by atoms with Crippen molar-refractivity contribution >= 4 is 15.7 Å². The van der Waals surface area contributed by atoms with Crippen molar-refractivity contribution in [3.8, 4) is 5.75 Å². The van der Waals surface area contributed by atoms with Gasteiger partial charge in [0.05, 0.1) is 7.11 Å². The summed E-state index contributed by atoms with van der Waals surface area (Å²) in [5, 5.41) is 0. The zero-order chi connectivity index (χ0) is 15.6. The van der Waals surface area contributed by atoms with Crippen LogP contribution in [0.1, 0.15) is 18.4 Å². The molecule has 1 aliphatic heterocycles. The van der Waals surface area contributed by atoms with Gasteiger partial charge in [-0.15, -0.1) is 0 Å². The Balaban J connectivity index is 2.40. The molecule has 2 N–H and O–H groups in total. The van der Waals surface area contributed by atoms with E-state index in [1.807, 2.05) is 6.92 Å². The summed E-state index contributed by atoms with van der Waals surface area (Å²) < 4.78 is 37.6. The molecule has 0 amide bonds. The van der Waals surface area contributed by atoms with Gasteiger partial charge in [0.25, 0.3) is 0 Å². The van der Waals surface area contributed by atoms with Crippen LogP contribution in [0.5, 0.6) is 5.75 Å². The quantitative estimate of drug-likeness (QED) is 0.849. The SMILES string of the molecule is COc1cc(C)c(N)cc1S(=O)(=O)N(C)C1CCOCC1. The maximum Gasteiger partial charge on any atom is 0.246 e. The molecule has 1 saturated heterocycles. The summed E-state index contributed by atoms with van der Waals surface area (Å²) in [6, 6.07) is 3.07. The number of nitrogens with zero attached hydrogens (tertiary/aromatic N) is 1. The van der Waals surface area contributed by atoms with Crippen LogP contribution in [-0.4, -0.2) is 46.1 Å². The highest BCUT2D eigenvalue weighted by Crippen LogP contribution is 2.32. The van der Waals surface area contributed by atoms with Crippen LogP contribution in [0.4, 0.5) is 5.69 Å². The average Bonchev–Trinajstić information content (AvgIpc) is 2.49. The van der Waals surface area contributed by atoms with Crippen LogP contribution in [0.25, 0.3) is 0 Å². The Kier molecular flexibility index (Phi) is 4.75. The third-order valence-corrected chi connectivity index (χ3v) is 5.85. The van der Waals surface area contributed by atoms with E-state index in [9.17, 15) is 8.42 Å². The Labute approximate surface area is 125 Å². The first-order valence-corrected chi connectivity index (χ1v) is 8.32. The molecule has 0 spiro atoms. The average molecular weight is 314 g/mol. The van der Waals surface area contributed by atoms with E-state index in [2.05, 4.69) is 0 Å². The van der Waals surface area contributed by atoms with E-state index in [1.54, 1.807) is 13.1 Å². The van der Waals surface area contributed by atoms with Crippen molar-refractivity contribution < 1.29 is 17.9 Å². The number of anilines is 1. The summed E-state index contributed by atoms with van der Waals surface area (Å²) in [6.45, 7) is 2.98. The first kappa shape index (κ1) is 16.1. The van der Waals surface area contributed by atoms with Crippen LogP contribution in [0.15, 0.2) is 17.0 Å². The lowest BCUT2D eigenvalue weighted by Gasteiger charge is -2.30. The molecule has 0 radical (unpaired) electrons. The van der Waals surface area contributed by atoms with Gasteiger partial charge in [-0.2, -0.15) is 4.31 Å². The standard InChI is InChI=1S/C14H22N2O4S/c1-10-8-13(19-3)14(9-12(10)15)21(17,18)16(2)11-4-6-20-7-5-11/h8-9,11H,4-7,15H2,1-3H3. The van der Waals surface area contributed by atoms with Crippen molar-refractivity contribution in [2.45, 2.75) is 30.7 Å². The molecule has 0 aromatic heterocycles. The van der Waals surface area contributed by atoms with E-state index in [-0.39, 0.29) is 10.9 Å². The number of methoxy groups -OCH3 is 1. The Morgan fingerprint density at radius 1 is 1.33 bits per heavy atom. The predicted molar refractivity (Wildman–Crippen MR) is 80.9 cm³/mol. The van der Waals surface area contributed by atoms with Crippen LogP contribution in [0, 0.1) is 6.92 Å². The van der Waals surface area contributed by atoms with Gasteiger partial charge in [0.1, 0.15) is 10.6 Å². The Bertz CT molecular complexity index is 610. The number of ether oxygens (including phenoxy) is 2. The maximum atomic E-state index is 12.8. The number of nitrogen functional groups attached to an aromatic ring is 1. The van der Waals surface area contributed by atoms with Gasteiger partial charge in [-0.05, 0) is 37.5 Å². The molecule has 21 heavy (non-hydrogen) atoms. The molecule has 6 nitrogen and oxygen atoms in total. The van der Waals surface area contributed by atoms with Crippen LogP contribution in [0.2, 0.25) is 0 Å². The van der Waals surface area contributed by atoms with Crippen molar-refractivity contribution in [1.29, 1.82) is 0 Å². The van der Waals surface area contributed by atoms with Gasteiger partial charge in [-0.1, -0.05) is 0 Å². The molecule has 0 saturated carbocycles. The maximum absolute atomic E-state index is 12.8. The molecular weight excluding hydrogens is 292 g/mol. The van der Waals surface area contributed by atoms with E-state index in [1.165, 1.54) is 17.5 Å². The molecule has 7 heteroatoms. The molecule has 0 unspecified atom stereocenters.